The van der Waals surface area contributed by atoms with Crippen molar-refractivity contribution in [3.63, 3.8) is 0 Å². The van der Waals surface area contributed by atoms with Crippen LogP contribution in [0, 0.1) is 6.92 Å². The quantitative estimate of drug-likeness (QED) is 0.639. The third-order valence-electron chi connectivity index (χ3n) is 4.62. The third kappa shape index (κ3) is 5.10. The second kappa shape index (κ2) is 9.04. The van der Waals surface area contributed by atoms with E-state index in [-0.39, 0.29) is 24.7 Å². The summed E-state index contributed by atoms with van der Waals surface area (Å²) in [6, 6.07) is 19.1. The van der Waals surface area contributed by atoms with Gasteiger partial charge in [0.25, 0.3) is 0 Å². The largest absolute Gasteiger partial charge is 0.469 e. The van der Waals surface area contributed by atoms with Gasteiger partial charge in [0.2, 0.25) is 5.91 Å². The van der Waals surface area contributed by atoms with Gasteiger partial charge in [0.05, 0.1) is 26.0 Å². The number of aromatic nitrogens is 1. The summed E-state index contributed by atoms with van der Waals surface area (Å²) >= 11 is 0. The molecule has 0 aliphatic carbocycles. The normalized spacial score (nSPS) is 11.6. The fraction of sp³-hybridized carbons (Fsp3) is 0.217. The Labute approximate surface area is 165 Å². The minimum atomic E-state index is -0.417. The summed E-state index contributed by atoms with van der Waals surface area (Å²) < 4.78 is 6.79. The number of ether oxygens (including phenoxy) is 1. The average Bonchev–Trinajstić information content (AvgIpc) is 3.23. The summed E-state index contributed by atoms with van der Waals surface area (Å²) in [6.07, 6.45) is 4.29. The number of rotatable bonds is 7. The molecule has 0 aliphatic rings. The Hall–Kier alpha value is -3.34. The Bertz CT molecular complexity index is 913. The molecule has 1 amide bonds. The number of benzene rings is 2. The van der Waals surface area contributed by atoms with E-state index in [2.05, 4.69) is 5.32 Å². The molecular weight excluding hydrogens is 352 g/mol. The zero-order chi connectivity index (χ0) is 19.9. The Balaban J connectivity index is 1.67. The van der Waals surface area contributed by atoms with Gasteiger partial charge in [-0.05, 0) is 42.3 Å². The van der Waals surface area contributed by atoms with Crippen LogP contribution in [0.25, 0.3) is 5.69 Å². The Morgan fingerprint density at radius 1 is 1.00 bits per heavy atom. The van der Waals surface area contributed by atoms with Gasteiger partial charge < -0.3 is 14.6 Å². The van der Waals surface area contributed by atoms with Gasteiger partial charge in [0, 0.05) is 18.1 Å². The van der Waals surface area contributed by atoms with E-state index in [0.717, 1.165) is 22.4 Å². The molecule has 1 atom stereocenters. The van der Waals surface area contributed by atoms with Crippen molar-refractivity contribution < 1.29 is 14.3 Å². The SMILES string of the molecule is COC(=O)CC(NC(=O)Cc1ccc(-n2cccc2)cc1)c1ccc(C)cc1. The first kappa shape index (κ1) is 19.4. The Morgan fingerprint density at radius 3 is 2.25 bits per heavy atom. The van der Waals surface area contributed by atoms with Gasteiger partial charge >= 0.3 is 5.97 Å². The van der Waals surface area contributed by atoms with Crippen molar-refractivity contribution >= 4 is 11.9 Å². The van der Waals surface area contributed by atoms with Gasteiger partial charge in [-0.15, -0.1) is 0 Å². The molecule has 0 saturated heterocycles. The molecule has 2 aromatic carbocycles. The van der Waals surface area contributed by atoms with Crippen molar-refractivity contribution in [2.75, 3.05) is 7.11 Å². The number of carbonyl (C=O) groups excluding carboxylic acids is 2. The van der Waals surface area contributed by atoms with Crippen LogP contribution in [0.4, 0.5) is 0 Å². The smallest absolute Gasteiger partial charge is 0.307 e. The zero-order valence-electron chi connectivity index (χ0n) is 16.1. The molecule has 0 saturated carbocycles. The molecule has 28 heavy (non-hydrogen) atoms. The minimum Gasteiger partial charge on any atom is -0.469 e. The van der Waals surface area contributed by atoms with Crippen LogP contribution in [-0.2, 0) is 20.7 Å². The standard InChI is InChI=1S/C23H24N2O3/c1-17-5-9-19(10-6-17)21(16-23(27)28-2)24-22(26)15-18-7-11-20(12-8-18)25-13-3-4-14-25/h3-14,21H,15-16H2,1-2H3,(H,24,26). The number of methoxy groups -OCH3 is 1. The maximum Gasteiger partial charge on any atom is 0.307 e. The molecule has 3 rings (SSSR count). The maximum absolute atomic E-state index is 12.6. The molecule has 0 fully saturated rings. The molecule has 0 radical (unpaired) electrons. The van der Waals surface area contributed by atoms with Gasteiger partial charge in [-0.2, -0.15) is 0 Å². The molecule has 1 aromatic heterocycles. The van der Waals surface area contributed by atoms with Crippen molar-refractivity contribution in [1.82, 2.24) is 9.88 Å². The van der Waals surface area contributed by atoms with Crippen LogP contribution in [0.1, 0.15) is 29.2 Å². The van der Waals surface area contributed by atoms with E-state index in [9.17, 15) is 9.59 Å². The average molecular weight is 376 g/mol. The van der Waals surface area contributed by atoms with Crippen molar-refractivity contribution in [2.24, 2.45) is 0 Å². The topological polar surface area (TPSA) is 60.3 Å². The summed E-state index contributed by atoms with van der Waals surface area (Å²) in [4.78, 5) is 24.4. The highest BCUT2D eigenvalue weighted by atomic mass is 16.5. The number of amides is 1. The van der Waals surface area contributed by atoms with Gasteiger partial charge in [0.1, 0.15) is 0 Å². The van der Waals surface area contributed by atoms with Gasteiger partial charge in [-0.3, -0.25) is 9.59 Å². The fourth-order valence-corrected chi connectivity index (χ4v) is 3.02. The first-order chi connectivity index (χ1) is 13.5. The van der Waals surface area contributed by atoms with Crippen LogP contribution in [-0.4, -0.2) is 23.6 Å². The Morgan fingerprint density at radius 2 is 1.64 bits per heavy atom. The predicted octanol–water partition coefficient (Wildman–Crippen LogP) is 3.75. The highest BCUT2D eigenvalue weighted by Gasteiger charge is 2.19. The molecular formula is C23H24N2O3. The number of nitrogens with zero attached hydrogens (tertiary/aromatic N) is 1. The first-order valence-electron chi connectivity index (χ1n) is 9.20. The molecule has 1 N–H and O–H groups in total. The van der Waals surface area contributed by atoms with Crippen molar-refractivity contribution in [3.05, 3.63) is 89.7 Å². The second-order valence-electron chi connectivity index (χ2n) is 6.74. The summed E-state index contributed by atoms with van der Waals surface area (Å²) in [5, 5.41) is 2.96. The Kier molecular flexibility index (Phi) is 6.27. The summed E-state index contributed by atoms with van der Waals surface area (Å²) in [5.74, 6) is -0.495. The lowest BCUT2D eigenvalue weighted by Crippen LogP contribution is -2.31. The van der Waals surface area contributed by atoms with Crippen LogP contribution in [0.2, 0.25) is 0 Å². The van der Waals surface area contributed by atoms with Gasteiger partial charge in [-0.1, -0.05) is 42.0 Å². The van der Waals surface area contributed by atoms with E-state index < -0.39 is 6.04 Å². The minimum absolute atomic E-state index is 0.0951. The molecule has 5 nitrogen and oxygen atoms in total. The summed E-state index contributed by atoms with van der Waals surface area (Å²) in [7, 11) is 1.35. The highest BCUT2D eigenvalue weighted by molar-refractivity contribution is 5.80. The molecule has 144 valence electrons. The van der Waals surface area contributed by atoms with Crippen LogP contribution < -0.4 is 5.32 Å². The number of nitrogens with one attached hydrogen (secondary N) is 1. The van der Waals surface area contributed by atoms with E-state index in [4.69, 9.17) is 4.74 Å². The van der Waals surface area contributed by atoms with Crippen molar-refractivity contribution in [3.8, 4) is 5.69 Å². The number of aryl methyl sites for hydroxylation is 1. The first-order valence-corrected chi connectivity index (χ1v) is 9.20. The predicted molar refractivity (Wildman–Crippen MR) is 108 cm³/mol. The molecule has 1 unspecified atom stereocenters. The van der Waals surface area contributed by atoms with Crippen LogP contribution in [0.5, 0.6) is 0 Å². The maximum atomic E-state index is 12.6. The number of esters is 1. The number of carbonyl (C=O) groups is 2. The summed E-state index contributed by atoms with van der Waals surface area (Å²) in [5.41, 5.74) is 3.95. The van der Waals surface area contributed by atoms with E-state index in [1.54, 1.807) is 0 Å². The zero-order valence-corrected chi connectivity index (χ0v) is 16.1. The number of hydrogen-bond acceptors (Lipinski definition) is 3. The van der Waals surface area contributed by atoms with Crippen LogP contribution >= 0.6 is 0 Å². The lowest BCUT2D eigenvalue weighted by atomic mass is 10.0. The molecule has 5 heteroatoms. The molecule has 0 aliphatic heterocycles. The third-order valence-corrected chi connectivity index (χ3v) is 4.62. The van der Waals surface area contributed by atoms with Crippen LogP contribution in [0.15, 0.2) is 73.1 Å². The molecule has 0 bridgehead atoms. The number of hydrogen-bond donors (Lipinski definition) is 1. The lowest BCUT2D eigenvalue weighted by Gasteiger charge is -2.18. The molecule has 3 aromatic rings. The van der Waals surface area contributed by atoms with Gasteiger partial charge in [-0.25, -0.2) is 0 Å². The monoisotopic (exact) mass is 376 g/mol. The molecule has 0 spiro atoms. The van der Waals surface area contributed by atoms with E-state index >= 15 is 0 Å². The highest BCUT2D eigenvalue weighted by Crippen LogP contribution is 2.19. The van der Waals surface area contributed by atoms with Gasteiger partial charge in [0.15, 0.2) is 0 Å². The second-order valence-corrected chi connectivity index (χ2v) is 6.74. The van der Waals surface area contributed by atoms with Crippen LogP contribution in [0.3, 0.4) is 0 Å². The summed E-state index contributed by atoms with van der Waals surface area (Å²) in [6.45, 7) is 2.00. The fourth-order valence-electron chi connectivity index (χ4n) is 3.02. The molecule has 1 heterocycles. The van der Waals surface area contributed by atoms with E-state index in [1.165, 1.54) is 7.11 Å². The van der Waals surface area contributed by atoms with E-state index in [0.29, 0.717) is 0 Å². The van der Waals surface area contributed by atoms with Crippen molar-refractivity contribution in [2.45, 2.75) is 25.8 Å². The van der Waals surface area contributed by atoms with E-state index in [1.807, 2.05) is 84.5 Å². The lowest BCUT2D eigenvalue weighted by molar-refractivity contribution is -0.141. The van der Waals surface area contributed by atoms with Crippen molar-refractivity contribution in [1.29, 1.82) is 0 Å².